The number of hydrogen-bond acceptors (Lipinski definition) is 14. The van der Waals surface area contributed by atoms with E-state index in [1.807, 2.05) is 155 Å². The Balaban J connectivity index is 0.000000173. The van der Waals surface area contributed by atoms with Gasteiger partial charge in [0.25, 0.3) is 43.7 Å². The van der Waals surface area contributed by atoms with Crippen molar-refractivity contribution in [3.63, 3.8) is 0 Å². The molecule has 0 aliphatic heterocycles. The third-order valence-electron chi connectivity index (χ3n) is 18.8. The van der Waals surface area contributed by atoms with Crippen molar-refractivity contribution in [3.8, 4) is 17.2 Å². The van der Waals surface area contributed by atoms with Crippen LogP contribution in [0.25, 0.3) is 43.5 Å². The first-order valence-electron chi connectivity index (χ1n) is 36.5. The third-order valence-corrected chi connectivity index (χ3v) is 25.2. The third kappa shape index (κ3) is 22.0. The van der Waals surface area contributed by atoms with E-state index in [9.17, 15) is 57.6 Å². The molecular formula is C85H78Cl5F3N8O13S3. The van der Waals surface area contributed by atoms with Crippen molar-refractivity contribution in [1.29, 1.82) is 0 Å². The topological polar surface area (TPSA) is 307 Å². The number of fused-ring (bicyclic) bond motifs is 4. The normalized spacial score (nSPS) is 11.7. The first kappa shape index (κ1) is 87.2. The van der Waals surface area contributed by atoms with Gasteiger partial charge in [0.15, 0.2) is 0 Å². The minimum Gasteiger partial charge on any atom is -0.494 e. The van der Waals surface area contributed by atoms with Crippen molar-refractivity contribution >= 4 is 155 Å². The molecule has 0 aliphatic rings. The van der Waals surface area contributed by atoms with E-state index in [0.717, 1.165) is 112 Å². The summed E-state index contributed by atoms with van der Waals surface area (Å²) < 4.78 is 139. The predicted molar refractivity (Wildman–Crippen MR) is 452 cm³/mol. The molecule has 13 aromatic rings. The molecule has 117 heavy (non-hydrogen) atoms. The fourth-order valence-electron chi connectivity index (χ4n) is 13.1. The van der Waals surface area contributed by atoms with Crippen LogP contribution in [0.4, 0.5) is 13.2 Å². The number of halogens is 8. The molecule has 4 heterocycles. The second-order valence-electron chi connectivity index (χ2n) is 27.4. The number of aryl methyl sites for hydroxylation is 9. The molecule has 13 rings (SSSR count). The summed E-state index contributed by atoms with van der Waals surface area (Å²) in [4.78, 5) is 64.4. The quantitative estimate of drug-likeness (QED) is 0.0186. The minimum atomic E-state index is -4.55. The van der Waals surface area contributed by atoms with E-state index in [0.29, 0.717) is 101 Å². The van der Waals surface area contributed by atoms with Gasteiger partial charge in [-0.2, -0.15) is 13.2 Å². The van der Waals surface area contributed by atoms with Gasteiger partial charge < -0.3 is 34.5 Å². The first-order chi connectivity index (χ1) is 55.5. The van der Waals surface area contributed by atoms with Gasteiger partial charge in [0, 0.05) is 71.1 Å². The fourth-order valence-corrected chi connectivity index (χ4v) is 16.9. The molecule has 0 radical (unpaired) electrons. The molecular weight excluding hydrogens is 1670 g/mol. The zero-order valence-corrected chi connectivity index (χ0v) is 69.9. The van der Waals surface area contributed by atoms with Crippen LogP contribution < -0.4 is 33.7 Å². The van der Waals surface area contributed by atoms with Gasteiger partial charge in [-0.05, 0) is 250 Å². The highest BCUT2D eigenvalue weighted by Crippen LogP contribution is 2.34. The molecule has 0 saturated carbocycles. The molecule has 610 valence electrons. The molecule has 9 aromatic carbocycles. The summed E-state index contributed by atoms with van der Waals surface area (Å²) in [5.74, 6) is -1.67. The monoisotopic (exact) mass is 1750 g/mol. The maximum Gasteiger partial charge on any atom is 0.416 e. The van der Waals surface area contributed by atoms with Crippen LogP contribution >= 0.6 is 58.0 Å². The van der Waals surface area contributed by atoms with E-state index in [1.165, 1.54) is 24.4 Å². The number of nitrogens with zero attached hydrogens (tertiary/aromatic N) is 1. The summed E-state index contributed by atoms with van der Waals surface area (Å²) in [6.45, 7) is 12.2. The molecule has 0 aliphatic carbocycles. The van der Waals surface area contributed by atoms with Crippen LogP contribution in [0.15, 0.2) is 198 Å². The number of carbonyl (C=O) groups excluding carboxylic acids is 4. The molecule has 0 fully saturated rings. The van der Waals surface area contributed by atoms with Gasteiger partial charge in [0.05, 0.1) is 36.0 Å². The minimum absolute atomic E-state index is 0.0316. The predicted octanol–water partition coefficient (Wildman–Crippen LogP) is 19.0. The van der Waals surface area contributed by atoms with E-state index in [1.54, 1.807) is 30.3 Å². The highest BCUT2D eigenvalue weighted by atomic mass is 35.5. The lowest BCUT2D eigenvalue weighted by Crippen LogP contribution is -2.37. The van der Waals surface area contributed by atoms with Crippen molar-refractivity contribution in [2.75, 3.05) is 32.1 Å². The van der Waals surface area contributed by atoms with Gasteiger partial charge in [-0.1, -0.05) is 131 Å². The van der Waals surface area contributed by atoms with E-state index in [-0.39, 0.29) is 37.6 Å². The van der Waals surface area contributed by atoms with Crippen molar-refractivity contribution in [2.24, 2.45) is 0 Å². The zero-order valence-electron chi connectivity index (χ0n) is 63.7. The molecule has 4 aromatic heterocycles. The van der Waals surface area contributed by atoms with Gasteiger partial charge in [-0.25, -0.2) is 44.4 Å². The highest BCUT2D eigenvalue weighted by molar-refractivity contribution is 7.90. The molecule has 0 saturated heterocycles. The van der Waals surface area contributed by atoms with E-state index in [4.69, 9.17) is 72.2 Å². The number of benzene rings is 9. The smallest absolute Gasteiger partial charge is 0.416 e. The average Bonchev–Trinajstić information content (AvgIpc) is 1.66. The number of nitrogens with one attached hydrogen (secondary N) is 7. The van der Waals surface area contributed by atoms with Crippen LogP contribution in [-0.4, -0.2) is 101 Å². The summed E-state index contributed by atoms with van der Waals surface area (Å²) in [6, 6.07) is 49.7. The SMILES string of the molecule is Cc1cc(OCCCc2c(C(=O)NS(=O)(=O)CCNC(=O)c3ccc(C(F)(F)F)cc3)[nH]c3cc(Cl)ccc23)cc(C)c1Cl.Cc1cc(OCCCc2c(C(=O)NS(=O)(=O)c3ccc4ccccc4c3)[nH]c3ccccc23)cc(C)c1Cl.Cc1cc(OCCCc2c(C(=O)NS(=O)(=O)c3cccnc3Cl)[nH]c3ccccc23)cc(C)c1Cl. The Morgan fingerprint density at radius 2 is 0.855 bits per heavy atom. The summed E-state index contributed by atoms with van der Waals surface area (Å²) in [6.07, 6.45) is -0.0706. The Kier molecular flexibility index (Phi) is 28.1. The number of carbonyl (C=O) groups is 4. The Morgan fingerprint density at radius 3 is 1.32 bits per heavy atom. The van der Waals surface area contributed by atoms with Crippen molar-refractivity contribution in [2.45, 2.75) is 96.0 Å². The van der Waals surface area contributed by atoms with Crippen LogP contribution in [0, 0.1) is 41.5 Å². The molecule has 32 heteroatoms. The first-order valence-corrected chi connectivity index (χ1v) is 43.0. The van der Waals surface area contributed by atoms with Gasteiger partial charge in [0.1, 0.15) is 44.4 Å². The molecule has 7 N–H and O–H groups in total. The number of para-hydroxylation sites is 2. The zero-order chi connectivity index (χ0) is 84.3. The standard InChI is InChI=1S/C30H28Cl2F3N3O5S.C30H27ClN2O4S.C25H23Cl2N3O4S/c1-17-14-22(15-18(2)26(17)32)43-12-3-4-24-23-10-9-21(31)16-25(23)37-27(24)29(40)38-44(41,42)13-11-36-28(39)19-5-7-20(8-6-19)30(33,34)35;1-19-16-23(17-20(2)28(19)31)37-15-7-11-26-25-10-5-6-12-27(25)32-29(26)30(34)33-38(35,36)24-14-13-21-8-3-4-9-22(21)18-24;1-15-13-17(14-16(2)22(15)26)34-12-6-8-19-18-7-3-4-9-20(18)29-23(19)25(31)30-35(32,33)21-10-5-11-28-24(21)27/h5-10,14-16,37H,3-4,11-13H2,1-2H3,(H,36,39)(H,38,40);3-6,8-10,12-14,16-18,32H,7,11,15H2,1-2H3,(H,33,34);3-5,7,9-11,13-14,29H,6,8,12H2,1-2H3,(H,30,31). The number of rotatable bonds is 27. The Labute approximate surface area is 698 Å². The van der Waals surface area contributed by atoms with Crippen molar-refractivity contribution in [1.82, 2.24) is 39.4 Å². The van der Waals surface area contributed by atoms with Crippen LogP contribution in [0.1, 0.15) is 117 Å². The number of aromatic amines is 3. The van der Waals surface area contributed by atoms with Gasteiger partial charge in [-0.15, -0.1) is 0 Å². The number of alkyl halides is 3. The number of pyridine rings is 1. The summed E-state index contributed by atoms with van der Waals surface area (Å²) in [5, 5.41) is 8.75. The summed E-state index contributed by atoms with van der Waals surface area (Å²) in [7, 11) is -12.5. The lowest BCUT2D eigenvalue weighted by atomic mass is 10.1. The fraction of sp³-hybridized carbons (Fsp3) is 0.212. The molecule has 0 spiro atoms. The second-order valence-corrected chi connectivity index (χ2v) is 34.5. The molecule has 4 amide bonds. The molecule has 0 atom stereocenters. The van der Waals surface area contributed by atoms with Crippen LogP contribution in [0.5, 0.6) is 17.2 Å². The Bertz CT molecular complexity index is 6230. The molecule has 0 bridgehead atoms. The number of sulfonamides is 3. The summed E-state index contributed by atoms with van der Waals surface area (Å²) >= 11 is 30.7. The van der Waals surface area contributed by atoms with Crippen LogP contribution in [0.3, 0.4) is 0 Å². The van der Waals surface area contributed by atoms with Crippen LogP contribution in [0.2, 0.25) is 25.2 Å². The van der Waals surface area contributed by atoms with Crippen LogP contribution in [-0.2, 0) is 55.5 Å². The number of aromatic nitrogens is 4. The number of H-pyrrole nitrogens is 3. The average molecular weight is 1750 g/mol. The van der Waals surface area contributed by atoms with Gasteiger partial charge in [0.2, 0.25) is 10.0 Å². The maximum atomic E-state index is 13.3. The van der Waals surface area contributed by atoms with Gasteiger partial charge in [-0.3, -0.25) is 19.2 Å². The lowest BCUT2D eigenvalue weighted by molar-refractivity contribution is -0.137. The van der Waals surface area contributed by atoms with Crippen molar-refractivity contribution < 1.29 is 71.8 Å². The van der Waals surface area contributed by atoms with Gasteiger partial charge >= 0.3 is 6.18 Å². The van der Waals surface area contributed by atoms with E-state index >= 15 is 0 Å². The van der Waals surface area contributed by atoms with E-state index in [2.05, 4.69) is 34.7 Å². The Morgan fingerprint density at radius 1 is 0.436 bits per heavy atom. The van der Waals surface area contributed by atoms with Crippen molar-refractivity contribution in [3.05, 3.63) is 292 Å². The number of ether oxygens (including phenoxy) is 3. The van der Waals surface area contributed by atoms with E-state index < -0.39 is 77.7 Å². The summed E-state index contributed by atoms with van der Waals surface area (Å²) in [5.41, 5.74) is 9.06. The highest BCUT2D eigenvalue weighted by Gasteiger charge is 2.32. The largest absolute Gasteiger partial charge is 0.494 e. The maximum absolute atomic E-state index is 13.3. The lowest BCUT2D eigenvalue weighted by Gasteiger charge is -2.11. The molecule has 21 nitrogen and oxygen atoms in total. The Hall–Kier alpha value is -10.6. The number of amides is 4. The molecule has 0 unspecified atom stereocenters. The second kappa shape index (κ2) is 37.8. The number of hydrogen-bond donors (Lipinski definition) is 7.